The number of nitrogens with two attached hydrogens (primary N) is 1. The van der Waals surface area contributed by atoms with E-state index >= 15 is 0 Å². The minimum Gasteiger partial charge on any atom is -0.330 e. The van der Waals surface area contributed by atoms with Crippen LogP contribution in [0.15, 0.2) is 53.4 Å². The highest BCUT2D eigenvalue weighted by Crippen LogP contribution is 2.23. The van der Waals surface area contributed by atoms with Gasteiger partial charge in [-0.1, -0.05) is 42.2 Å². The first kappa shape index (κ1) is 14.7. The number of hydrogen-bond donors (Lipinski definition) is 1. The molecule has 0 aliphatic carbocycles. The standard InChI is InChI=1S/C18H19NS/c1-20-18-11-5-9-16(10-6-14-19)17(18)13-12-15-7-3-2-4-8-15/h2-5,7-9,11H,6,10,14,19H2,1H3. The number of rotatable bonds is 4. The molecule has 0 saturated heterocycles. The molecule has 0 radical (unpaired) electrons. The summed E-state index contributed by atoms with van der Waals surface area (Å²) in [7, 11) is 0. The lowest BCUT2D eigenvalue weighted by Crippen LogP contribution is -2.02. The van der Waals surface area contributed by atoms with Gasteiger partial charge in [-0.15, -0.1) is 11.8 Å². The Hall–Kier alpha value is -1.69. The zero-order valence-corrected chi connectivity index (χ0v) is 12.5. The Kier molecular flexibility index (Phi) is 5.73. The van der Waals surface area contributed by atoms with E-state index in [1.54, 1.807) is 11.8 Å². The normalized spacial score (nSPS) is 9.90. The van der Waals surface area contributed by atoms with Crippen LogP contribution in [0.25, 0.3) is 0 Å². The summed E-state index contributed by atoms with van der Waals surface area (Å²) in [5, 5.41) is 0. The van der Waals surface area contributed by atoms with E-state index in [4.69, 9.17) is 5.73 Å². The highest BCUT2D eigenvalue weighted by Gasteiger charge is 2.05. The smallest absolute Gasteiger partial charge is 0.0416 e. The molecule has 0 aliphatic heterocycles. The Morgan fingerprint density at radius 2 is 1.80 bits per heavy atom. The highest BCUT2D eigenvalue weighted by atomic mass is 32.2. The fourth-order valence-electron chi connectivity index (χ4n) is 2.05. The first-order valence-electron chi connectivity index (χ1n) is 6.78. The van der Waals surface area contributed by atoms with Crippen LogP contribution in [0.5, 0.6) is 0 Å². The van der Waals surface area contributed by atoms with Crippen molar-refractivity contribution in [3.63, 3.8) is 0 Å². The molecule has 2 aromatic carbocycles. The lowest BCUT2D eigenvalue weighted by Gasteiger charge is -2.08. The van der Waals surface area contributed by atoms with Crippen LogP contribution in [0.1, 0.15) is 23.1 Å². The molecule has 102 valence electrons. The quantitative estimate of drug-likeness (QED) is 0.683. The van der Waals surface area contributed by atoms with E-state index in [-0.39, 0.29) is 0 Å². The molecule has 0 aliphatic rings. The van der Waals surface area contributed by atoms with Crippen LogP contribution >= 0.6 is 11.8 Å². The second-order valence-corrected chi connectivity index (χ2v) is 5.35. The highest BCUT2D eigenvalue weighted by molar-refractivity contribution is 7.98. The van der Waals surface area contributed by atoms with Crippen molar-refractivity contribution in [2.24, 2.45) is 5.73 Å². The molecule has 20 heavy (non-hydrogen) atoms. The van der Waals surface area contributed by atoms with Crippen molar-refractivity contribution in [2.45, 2.75) is 17.7 Å². The van der Waals surface area contributed by atoms with Crippen LogP contribution < -0.4 is 5.73 Å². The summed E-state index contributed by atoms with van der Waals surface area (Å²) < 4.78 is 0. The first-order chi connectivity index (χ1) is 9.85. The molecule has 0 atom stereocenters. The molecular formula is C18H19NS. The molecule has 2 aromatic rings. The van der Waals surface area contributed by atoms with Crippen molar-refractivity contribution in [1.29, 1.82) is 0 Å². The van der Waals surface area contributed by atoms with Crippen molar-refractivity contribution >= 4 is 11.8 Å². The lowest BCUT2D eigenvalue weighted by atomic mass is 10.0. The van der Waals surface area contributed by atoms with Crippen molar-refractivity contribution < 1.29 is 0 Å². The van der Waals surface area contributed by atoms with Gasteiger partial charge in [0, 0.05) is 16.0 Å². The molecule has 0 unspecified atom stereocenters. The Balaban J connectivity index is 2.36. The molecule has 0 aromatic heterocycles. The van der Waals surface area contributed by atoms with Crippen LogP contribution in [-0.4, -0.2) is 12.8 Å². The summed E-state index contributed by atoms with van der Waals surface area (Å²) in [6, 6.07) is 16.5. The Morgan fingerprint density at radius 3 is 2.50 bits per heavy atom. The minimum absolute atomic E-state index is 0.717. The van der Waals surface area contributed by atoms with E-state index in [2.05, 4.69) is 36.3 Å². The van der Waals surface area contributed by atoms with Crippen molar-refractivity contribution in [1.82, 2.24) is 0 Å². The summed E-state index contributed by atoms with van der Waals surface area (Å²) in [6.45, 7) is 0.717. The summed E-state index contributed by atoms with van der Waals surface area (Å²) in [6.07, 6.45) is 4.08. The van der Waals surface area contributed by atoms with Gasteiger partial charge in [-0.05, 0) is 49.4 Å². The van der Waals surface area contributed by atoms with E-state index in [0.717, 1.165) is 30.5 Å². The van der Waals surface area contributed by atoms with Gasteiger partial charge in [0.25, 0.3) is 0 Å². The summed E-state index contributed by atoms with van der Waals surface area (Å²) in [5.74, 6) is 6.60. The Bertz CT molecular complexity index is 608. The maximum absolute atomic E-state index is 5.62. The molecule has 2 N–H and O–H groups in total. The van der Waals surface area contributed by atoms with Crippen LogP contribution in [-0.2, 0) is 6.42 Å². The van der Waals surface area contributed by atoms with E-state index in [1.807, 2.05) is 30.3 Å². The third kappa shape index (κ3) is 3.90. The third-order valence-corrected chi connectivity index (χ3v) is 3.87. The molecule has 0 saturated carbocycles. The second kappa shape index (κ2) is 7.79. The average molecular weight is 281 g/mol. The average Bonchev–Trinajstić information content (AvgIpc) is 2.52. The van der Waals surface area contributed by atoms with E-state index in [1.165, 1.54) is 10.5 Å². The Morgan fingerprint density at radius 1 is 1.00 bits per heavy atom. The monoisotopic (exact) mass is 281 g/mol. The molecule has 0 fully saturated rings. The summed E-state index contributed by atoms with van der Waals surface area (Å²) >= 11 is 1.74. The molecule has 2 heteroatoms. The lowest BCUT2D eigenvalue weighted by molar-refractivity contribution is 0.829. The van der Waals surface area contributed by atoms with Crippen molar-refractivity contribution in [3.8, 4) is 11.8 Å². The molecular weight excluding hydrogens is 262 g/mol. The minimum atomic E-state index is 0.717. The molecule has 0 heterocycles. The molecule has 0 spiro atoms. The van der Waals surface area contributed by atoms with Gasteiger partial charge >= 0.3 is 0 Å². The fourth-order valence-corrected chi connectivity index (χ4v) is 2.65. The first-order valence-corrected chi connectivity index (χ1v) is 8.00. The second-order valence-electron chi connectivity index (χ2n) is 4.50. The summed E-state index contributed by atoms with van der Waals surface area (Å²) in [4.78, 5) is 1.24. The van der Waals surface area contributed by atoms with Gasteiger partial charge in [-0.3, -0.25) is 0 Å². The van der Waals surface area contributed by atoms with Gasteiger partial charge < -0.3 is 5.73 Å². The third-order valence-electron chi connectivity index (χ3n) is 3.09. The van der Waals surface area contributed by atoms with E-state index in [9.17, 15) is 0 Å². The van der Waals surface area contributed by atoms with Crippen molar-refractivity contribution in [3.05, 3.63) is 65.2 Å². The Labute approximate surface area is 125 Å². The van der Waals surface area contributed by atoms with Crippen LogP contribution in [0.3, 0.4) is 0 Å². The number of thioether (sulfide) groups is 1. The summed E-state index contributed by atoms with van der Waals surface area (Å²) in [5.41, 5.74) is 9.12. The van der Waals surface area contributed by atoms with Gasteiger partial charge in [0.05, 0.1) is 0 Å². The largest absolute Gasteiger partial charge is 0.330 e. The number of hydrogen-bond acceptors (Lipinski definition) is 2. The maximum atomic E-state index is 5.62. The van der Waals surface area contributed by atoms with Crippen molar-refractivity contribution in [2.75, 3.05) is 12.8 Å². The molecule has 0 bridgehead atoms. The number of benzene rings is 2. The van der Waals surface area contributed by atoms with Crippen LogP contribution in [0, 0.1) is 11.8 Å². The van der Waals surface area contributed by atoms with Gasteiger partial charge in [0.2, 0.25) is 0 Å². The zero-order valence-electron chi connectivity index (χ0n) is 11.7. The number of aryl methyl sites for hydroxylation is 1. The molecule has 2 rings (SSSR count). The van der Waals surface area contributed by atoms with Gasteiger partial charge in [-0.2, -0.15) is 0 Å². The molecule has 1 nitrogen and oxygen atoms in total. The predicted molar refractivity (Wildman–Crippen MR) is 88.0 cm³/mol. The van der Waals surface area contributed by atoms with Gasteiger partial charge in [0.1, 0.15) is 0 Å². The van der Waals surface area contributed by atoms with Gasteiger partial charge in [0.15, 0.2) is 0 Å². The van der Waals surface area contributed by atoms with E-state index in [0.29, 0.717) is 0 Å². The SMILES string of the molecule is CSc1cccc(CCCN)c1C#Cc1ccccc1. The maximum Gasteiger partial charge on any atom is 0.0416 e. The topological polar surface area (TPSA) is 26.0 Å². The molecule has 0 amide bonds. The van der Waals surface area contributed by atoms with E-state index < -0.39 is 0 Å². The zero-order chi connectivity index (χ0) is 14.2. The predicted octanol–water partition coefficient (Wildman–Crippen LogP) is 3.70. The van der Waals surface area contributed by atoms with Crippen LogP contribution in [0.2, 0.25) is 0 Å². The van der Waals surface area contributed by atoms with Crippen LogP contribution in [0.4, 0.5) is 0 Å². The fraction of sp³-hybridized carbons (Fsp3) is 0.222. The van der Waals surface area contributed by atoms with Gasteiger partial charge in [-0.25, -0.2) is 0 Å².